The molecule has 0 spiro atoms. The van der Waals surface area contributed by atoms with Crippen LogP contribution in [0.15, 0.2) is 34.3 Å². The first-order valence-electron chi connectivity index (χ1n) is 11.6. The molecule has 10 nitrogen and oxygen atoms in total. The number of anilines is 3. The molecular weight excluding hydrogens is 473 g/mol. The maximum absolute atomic E-state index is 14.3. The number of aromatic nitrogens is 4. The van der Waals surface area contributed by atoms with E-state index in [4.69, 9.17) is 9.15 Å². The number of nitrogens with one attached hydrogen (secondary N) is 2. The standard InChI is InChI=1S/C23H24FN7O3S/c24-15-2-1-3-31(12-15)19-8-17-20(34-23(29-17)30-4-6-33-7-5-30)9-16(19)27-21(32)18-13-35-22(28-18)14-10-25-26-11-14/h8-11,13,15H,1-7,12H2,(H,25,26)(H,27,32). The Labute approximate surface area is 204 Å². The second kappa shape index (κ2) is 9.27. The number of halogens is 1. The van der Waals surface area contributed by atoms with E-state index >= 15 is 0 Å². The Kier molecular flexibility index (Phi) is 5.82. The van der Waals surface area contributed by atoms with Gasteiger partial charge in [0.05, 0.1) is 30.8 Å². The van der Waals surface area contributed by atoms with Gasteiger partial charge in [0.2, 0.25) is 0 Å². The van der Waals surface area contributed by atoms with Crippen molar-refractivity contribution in [2.75, 3.05) is 54.5 Å². The van der Waals surface area contributed by atoms with Crippen LogP contribution in [0.3, 0.4) is 0 Å². The van der Waals surface area contributed by atoms with Crippen molar-refractivity contribution >= 4 is 45.7 Å². The van der Waals surface area contributed by atoms with Crippen LogP contribution in [-0.4, -0.2) is 71.6 Å². The van der Waals surface area contributed by atoms with Gasteiger partial charge < -0.3 is 24.3 Å². The number of thiazole rings is 1. The predicted octanol–water partition coefficient (Wildman–Crippen LogP) is 3.70. The van der Waals surface area contributed by atoms with E-state index in [0.717, 1.165) is 17.7 Å². The summed E-state index contributed by atoms with van der Waals surface area (Å²) in [6.45, 7) is 3.59. The molecule has 1 unspecified atom stereocenters. The van der Waals surface area contributed by atoms with Gasteiger partial charge in [0.15, 0.2) is 5.58 Å². The highest BCUT2D eigenvalue weighted by Crippen LogP contribution is 2.36. The minimum absolute atomic E-state index is 0.268. The molecule has 6 rings (SSSR count). The van der Waals surface area contributed by atoms with E-state index in [0.29, 0.717) is 72.8 Å². The number of hydrogen-bond donors (Lipinski definition) is 2. The highest BCUT2D eigenvalue weighted by atomic mass is 32.1. The Morgan fingerprint density at radius 2 is 2.09 bits per heavy atom. The molecule has 2 aliphatic rings. The Balaban J connectivity index is 1.33. The molecule has 1 atom stereocenters. The number of carbonyl (C=O) groups excluding carboxylic acids is 1. The number of amides is 1. The zero-order chi connectivity index (χ0) is 23.8. The zero-order valence-electron chi connectivity index (χ0n) is 18.9. The molecule has 5 heterocycles. The van der Waals surface area contributed by atoms with Crippen LogP contribution in [0.5, 0.6) is 0 Å². The second-order valence-corrected chi connectivity index (χ2v) is 9.46. The third-order valence-electron chi connectivity index (χ3n) is 6.21. The van der Waals surface area contributed by atoms with Gasteiger partial charge in [-0.15, -0.1) is 11.3 Å². The fourth-order valence-corrected chi connectivity index (χ4v) is 5.19. The summed E-state index contributed by atoms with van der Waals surface area (Å²) in [5, 5.41) is 12.1. The number of oxazole rings is 1. The number of nitrogens with zero attached hydrogens (tertiary/aromatic N) is 5. The van der Waals surface area contributed by atoms with Crippen molar-refractivity contribution in [2.24, 2.45) is 0 Å². The number of benzene rings is 1. The van der Waals surface area contributed by atoms with Crippen molar-refractivity contribution in [3.63, 3.8) is 0 Å². The average molecular weight is 498 g/mol. The molecule has 2 saturated heterocycles. The van der Waals surface area contributed by atoms with E-state index < -0.39 is 6.17 Å². The normalized spacial score (nSPS) is 18.8. The molecule has 2 fully saturated rings. The highest BCUT2D eigenvalue weighted by Gasteiger charge is 2.25. The van der Waals surface area contributed by atoms with Gasteiger partial charge in [-0.3, -0.25) is 9.89 Å². The third-order valence-corrected chi connectivity index (χ3v) is 7.10. The molecule has 3 aromatic heterocycles. The maximum atomic E-state index is 14.3. The number of fused-ring (bicyclic) bond motifs is 1. The van der Waals surface area contributed by atoms with E-state index in [1.807, 2.05) is 15.9 Å². The number of aromatic amines is 1. The van der Waals surface area contributed by atoms with Crippen LogP contribution < -0.4 is 15.1 Å². The number of ether oxygens (including phenoxy) is 1. The molecule has 1 amide bonds. The molecule has 0 radical (unpaired) electrons. The summed E-state index contributed by atoms with van der Waals surface area (Å²) >= 11 is 1.36. The van der Waals surface area contributed by atoms with Gasteiger partial charge >= 0.3 is 0 Å². The molecule has 0 aliphatic carbocycles. The largest absolute Gasteiger partial charge is 0.423 e. The molecule has 12 heteroatoms. The van der Waals surface area contributed by atoms with Gasteiger partial charge in [0, 0.05) is 49.4 Å². The van der Waals surface area contributed by atoms with Crippen LogP contribution in [0.2, 0.25) is 0 Å². The first-order valence-corrected chi connectivity index (χ1v) is 12.4. The summed E-state index contributed by atoms with van der Waals surface area (Å²) in [6.07, 6.45) is 3.75. The molecular formula is C23H24FN7O3S. The second-order valence-electron chi connectivity index (χ2n) is 8.60. The van der Waals surface area contributed by atoms with E-state index in [9.17, 15) is 9.18 Å². The fraction of sp³-hybridized carbons (Fsp3) is 0.391. The molecule has 182 valence electrons. The lowest BCUT2D eigenvalue weighted by atomic mass is 10.1. The van der Waals surface area contributed by atoms with Crippen LogP contribution in [-0.2, 0) is 4.74 Å². The molecule has 35 heavy (non-hydrogen) atoms. The van der Waals surface area contributed by atoms with Gasteiger partial charge in [0.1, 0.15) is 22.4 Å². The Bertz CT molecular complexity index is 1330. The third kappa shape index (κ3) is 4.46. The lowest BCUT2D eigenvalue weighted by Gasteiger charge is -2.32. The number of alkyl halides is 1. The van der Waals surface area contributed by atoms with Crippen molar-refractivity contribution < 1.29 is 18.3 Å². The lowest BCUT2D eigenvalue weighted by Crippen LogP contribution is -2.37. The topological polar surface area (TPSA) is 112 Å². The first-order chi connectivity index (χ1) is 17.1. The Hall–Kier alpha value is -3.51. The summed E-state index contributed by atoms with van der Waals surface area (Å²) in [5.74, 6) is -0.349. The Morgan fingerprint density at radius 1 is 1.20 bits per heavy atom. The predicted molar refractivity (Wildman–Crippen MR) is 131 cm³/mol. The van der Waals surface area contributed by atoms with E-state index in [1.165, 1.54) is 11.3 Å². The zero-order valence-corrected chi connectivity index (χ0v) is 19.7. The van der Waals surface area contributed by atoms with Crippen molar-refractivity contribution in [3.8, 4) is 10.6 Å². The number of rotatable bonds is 5. The average Bonchev–Trinajstić information content (AvgIpc) is 3.64. The van der Waals surface area contributed by atoms with Gasteiger partial charge in [-0.25, -0.2) is 9.37 Å². The summed E-state index contributed by atoms with van der Waals surface area (Å²) in [4.78, 5) is 26.3. The van der Waals surface area contributed by atoms with E-state index in [1.54, 1.807) is 23.8 Å². The number of carbonyl (C=O) groups is 1. The minimum Gasteiger partial charge on any atom is -0.423 e. The lowest BCUT2D eigenvalue weighted by molar-refractivity contribution is 0.102. The van der Waals surface area contributed by atoms with Gasteiger partial charge in [-0.05, 0) is 18.9 Å². The number of morpholine rings is 1. The Morgan fingerprint density at radius 3 is 2.89 bits per heavy atom. The molecule has 1 aromatic carbocycles. The SMILES string of the molecule is O=C(Nc1cc2oc(N3CCOCC3)nc2cc1N1CCCC(F)C1)c1csc(-c2cn[nH]c2)n1. The number of piperidine rings is 1. The molecule has 4 aromatic rings. The van der Waals surface area contributed by atoms with E-state index in [2.05, 4.69) is 25.5 Å². The van der Waals surface area contributed by atoms with Gasteiger partial charge in [0.25, 0.3) is 11.9 Å². The molecule has 2 N–H and O–H groups in total. The van der Waals surface area contributed by atoms with Crippen molar-refractivity contribution in [2.45, 2.75) is 19.0 Å². The van der Waals surface area contributed by atoms with Crippen molar-refractivity contribution in [3.05, 3.63) is 35.6 Å². The van der Waals surface area contributed by atoms with Crippen LogP contribution in [0.1, 0.15) is 23.3 Å². The van der Waals surface area contributed by atoms with Crippen LogP contribution in [0.25, 0.3) is 21.7 Å². The number of hydrogen-bond acceptors (Lipinski definition) is 9. The molecule has 0 saturated carbocycles. The molecule has 0 bridgehead atoms. The molecule has 2 aliphatic heterocycles. The van der Waals surface area contributed by atoms with E-state index in [-0.39, 0.29) is 12.5 Å². The first kappa shape index (κ1) is 22.0. The summed E-state index contributed by atoms with van der Waals surface area (Å²) in [6, 6.07) is 4.16. The van der Waals surface area contributed by atoms with Crippen LogP contribution >= 0.6 is 11.3 Å². The quantitative estimate of drug-likeness (QED) is 0.429. The minimum atomic E-state index is -0.916. The maximum Gasteiger partial charge on any atom is 0.298 e. The summed E-state index contributed by atoms with van der Waals surface area (Å²) in [5.41, 5.74) is 3.59. The fourth-order valence-electron chi connectivity index (χ4n) is 4.41. The monoisotopic (exact) mass is 497 g/mol. The summed E-state index contributed by atoms with van der Waals surface area (Å²) in [7, 11) is 0. The van der Waals surface area contributed by atoms with Gasteiger partial charge in [-0.2, -0.15) is 10.1 Å². The highest BCUT2D eigenvalue weighted by molar-refractivity contribution is 7.13. The smallest absolute Gasteiger partial charge is 0.298 e. The van der Waals surface area contributed by atoms with Crippen LogP contribution in [0, 0.1) is 0 Å². The van der Waals surface area contributed by atoms with Crippen molar-refractivity contribution in [1.29, 1.82) is 0 Å². The van der Waals surface area contributed by atoms with Crippen molar-refractivity contribution in [1.82, 2.24) is 20.2 Å². The number of H-pyrrole nitrogens is 1. The van der Waals surface area contributed by atoms with Gasteiger partial charge in [-0.1, -0.05) is 0 Å². The van der Waals surface area contributed by atoms with Crippen LogP contribution in [0.4, 0.5) is 21.8 Å². The summed E-state index contributed by atoms with van der Waals surface area (Å²) < 4.78 is 25.7.